The first-order valence-electron chi connectivity index (χ1n) is 5.89. The van der Waals surface area contributed by atoms with Crippen molar-refractivity contribution in [1.29, 1.82) is 5.26 Å². The van der Waals surface area contributed by atoms with E-state index in [9.17, 15) is 4.79 Å². The minimum Gasteiger partial charge on any atom is -0.396 e. The number of rotatable bonds is 3. The molecule has 3 N–H and O–H groups in total. The number of nitrogen functional groups attached to an aromatic ring is 1. The second kappa shape index (κ2) is 5.75. The average Bonchev–Trinajstić information content (AvgIpc) is 2.82. The van der Waals surface area contributed by atoms with E-state index < -0.39 is 0 Å². The molecule has 0 unspecified atom stereocenters. The number of nitrogens with two attached hydrogens (primary N) is 1. The Morgan fingerprint density at radius 3 is 2.95 bits per heavy atom. The summed E-state index contributed by atoms with van der Waals surface area (Å²) in [6.45, 7) is 2.43. The summed E-state index contributed by atoms with van der Waals surface area (Å²) in [5.41, 5.74) is 7.48. The van der Waals surface area contributed by atoms with E-state index in [1.54, 1.807) is 18.2 Å². The second-order valence-electron chi connectivity index (χ2n) is 4.02. The van der Waals surface area contributed by atoms with Gasteiger partial charge in [0.1, 0.15) is 5.69 Å². The van der Waals surface area contributed by atoms with Crippen molar-refractivity contribution in [2.75, 3.05) is 11.1 Å². The number of hydrogen-bond donors (Lipinski definition) is 2. The molecule has 1 heterocycles. The first-order valence-corrected chi connectivity index (χ1v) is 6.68. The number of carbonyl (C=O) groups is 1. The molecule has 0 aliphatic carbocycles. The van der Waals surface area contributed by atoms with Crippen LogP contribution in [0.25, 0.3) is 0 Å². The zero-order chi connectivity index (χ0) is 14.7. The van der Waals surface area contributed by atoms with E-state index in [-0.39, 0.29) is 5.91 Å². The Balaban J connectivity index is 2.28. The molecular weight excluding hydrogens is 322 g/mol. The molecule has 102 valence electrons. The number of aromatic nitrogens is 2. The number of nitrogens with one attached hydrogen (secondary N) is 1. The van der Waals surface area contributed by atoms with Crippen molar-refractivity contribution in [2.45, 2.75) is 13.5 Å². The molecule has 0 bridgehead atoms. The fourth-order valence-corrected chi connectivity index (χ4v) is 2.23. The number of amides is 1. The van der Waals surface area contributed by atoms with Gasteiger partial charge in [0.15, 0.2) is 0 Å². The van der Waals surface area contributed by atoms with Crippen molar-refractivity contribution in [3.05, 3.63) is 40.1 Å². The van der Waals surface area contributed by atoms with E-state index in [0.717, 1.165) is 0 Å². The molecule has 0 fully saturated rings. The van der Waals surface area contributed by atoms with E-state index in [0.29, 0.717) is 33.6 Å². The first kappa shape index (κ1) is 14.1. The molecule has 0 spiro atoms. The predicted octanol–water partition coefficient (Wildman–Crippen LogP) is 2.37. The normalized spacial score (nSPS) is 10.1. The molecular formula is C13H12BrN5O. The van der Waals surface area contributed by atoms with Crippen molar-refractivity contribution in [3.63, 3.8) is 0 Å². The van der Waals surface area contributed by atoms with Crippen molar-refractivity contribution >= 4 is 33.2 Å². The van der Waals surface area contributed by atoms with Crippen LogP contribution in [-0.2, 0) is 6.54 Å². The second-order valence-corrected chi connectivity index (χ2v) is 4.88. The molecule has 0 aliphatic heterocycles. The van der Waals surface area contributed by atoms with Gasteiger partial charge in [0.25, 0.3) is 5.91 Å². The van der Waals surface area contributed by atoms with Crippen molar-refractivity contribution in [3.8, 4) is 6.07 Å². The lowest BCUT2D eigenvalue weighted by Crippen LogP contribution is -2.19. The summed E-state index contributed by atoms with van der Waals surface area (Å²) in [6, 6.07) is 6.94. The van der Waals surface area contributed by atoms with Crippen LogP contribution >= 0.6 is 15.9 Å². The Morgan fingerprint density at radius 2 is 2.35 bits per heavy atom. The fraction of sp³-hybridized carbons (Fsp3) is 0.154. The van der Waals surface area contributed by atoms with Gasteiger partial charge in [-0.25, -0.2) is 0 Å². The molecule has 0 aliphatic rings. The molecule has 2 aromatic rings. The van der Waals surface area contributed by atoms with E-state index in [1.807, 2.05) is 13.0 Å². The molecule has 0 radical (unpaired) electrons. The quantitative estimate of drug-likeness (QED) is 0.900. The summed E-state index contributed by atoms with van der Waals surface area (Å²) < 4.78 is 2.16. The smallest absolute Gasteiger partial charge is 0.276 e. The summed E-state index contributed by atoms with van der Waals surface area (Å²) in [7, 11) is 0. The van der Waals surface area contributed by atoms with E-state index in [4.69, 9.17) is 11.0 Å². The Hall–Kier alpha value is -2.33. The van der Waals surface area contributed by atoms with Gasteiger partial charge in [-0.1, -0.05) is 0 Å². The summed E-state index contributed by atoms with van der Waals surface area (Å²) in [5.74, 6) is -0.341. The Bertz CT molecular complexity index is 701. The zero-order valence-corrected chi connectivity index (χ0v) is 12.3. The van der Waals surface area contributed by atoms with Crippen LogP contribution in [-0.4, -0.2) is 15.7 Å². The number of aryl methyl sites for hydroxylation is 1. The summed E-state index contributed by atoms with van der Waals surface area (Å²) >= 11 is 3.31. The standard InChI is InChI=1S/C13H12BrN5O/c1-2-19-12(10(16)7-17-19)13(20)18-11-4-3-8(6-15)5-9(11)14/h3-5,7H,2,16H2,1H3,(H,18,20). The number of carbonyl (C=O) groups excluding carboxylic acids is 1. The lowest BCUT2D eigenvalue weighted by molar-refractivity contribution is 0.101. The molecule has 2 rings (SSSR count). The molecule has 6 nitrogen and oxygen atoms in total. The topological polar surface area (TPSA) is 96.7 Å². The highest BCUT2D eigenvalue weighted by atomic mass is 79.9. The highest BCUT2D eigenvalue weighted by Gasteiger charge is 2.17. The minimum atomic E-state index is -0.341. The van der Waals surface area contributed by atoms with Gasteiger partial charge in [-0.3, -0.25) is 9.48 Å². The SMILES string of the molecule is CCn1ncc(N)c1C(=O)Nc1ccc(C#N)cc1Br. The molecule has 1 aromatic heterocycles. The minimum absolute atomic E-state index is 0.323. The summed E-state index contributed by atoms with van der Waals surface area (Å²) in [6.07, 6.45) is 1.45. The van der Waals surface area contributed by atoms with E-state index in [2.05, 4.69) is 26.3 Å². The molecule has 1 amide bonds. The molecule has 7 heteroatoms. The van der Waals surface area contributed by atoms with E-state index in [1.165, 1.54) is 10.9 Å². The van der Waals surface area contributed by atoms with Gasteiger partial charge in [-0.15, -0.1) is 0 Å². The van der Waals surface area contributed by atoms with Crippen LogP contribution in [0.15, 0.2) is 28.9 Å². The molecule has 0 saturated carbocycles. The lowest BCUT2D eigenvalue weighted by Gasteiger charge is -2.09. The van der Waals surface area contributed by atoms with Gasteiger partial charge >= 0.3 is 0 Å². The third-order valence-corrected chi connectivity index (χ3v) is 3.38. The summed E-state index contributed by atoms with van der Waals surface area (Å²) in [4.78, 5) is 12.2. The maximum absolute atomic E-state index is 12.2. The lowest BCUT2D eigenvalue weighted by atomic mass is 10.2. The van der Waals surface area contributed by atoms with Crippen LogP contribution in [0.5, 0.6) is 0 Å². The van der Waals surface area contributed by atoms with Crippen molar-refractivity contribution < 1.29 is 4.79 Å². The third-order valence-electron chi connectivity index (χ3n) is 2.73. The Kier molecular flexibility index (Phi) is 4.05. The fourth-order valence-electron chi connectivity index (χ4n) is 1.76. The molecule has 0 atom stereocenters. The monoisotopic (exact) mass is 333 g/mol. The zero-order valence-electron chi connectivity index (χ0n) is 10.7. The number of hydrogen-bond acceptors (Lipinski definition) is 4. The van der Waals surface area contributed by atoms with Gasteiger partial charge in [0.05, 0.1) is 29.2 Å². The Morgan fingerprint density at radius 1 is 1.60 bits per heavy atom. The van der Waals surface area contributed by atoms with E-state index >= 15 is 0 Å². The number of benzene rings is 1. The van der Waals surface area contributed by atoms with Crippen LogP contribution < -0.4 is 11.1 Å². The highest BCUT2D eigenvalue weighted by molar-refractivity contribution is 9.10. The Labute approximate surface area is 124 Å². The maximum Gasteiger partial charge on any atom is 0.276 e. The summed E-state index contributed by atoms with van der Waals surface area (Å²) in [5, 5.41) is 15.6. The molecule has 1 aromatic carbocycles. The number of halogens is 1. The van der Waals surface area contributed by atoms with Crippen molar-refractivity contribution in [2.24, 2.45) is 0 Å². The number of nitrogens with zero attached hydrogens (tertiary/aromatic N) is 3. The molecule has 0 saturated heterocycles. The number of anilines is 2. The van der Waals surface area contributed by atoms with Crippen LogP contribution in [0.4, 0.5) is 11.4 Å². The van der Waals surface area contributed by atoms with Crippen LogP contribution in [0.3, 0.4) is 0 Å². The number of nitriles is 1. The van der Waals surface area contributed by atoms with Crippen molar-refractivity contribution in [1.82, 2.24) is 9.78 Å². The van der Waals surface area contributed by atoms with Gasteiger partial charge in [0.2, 0.25) is 0 Å². The highest BCUT2D eigenvalue weighted by Crippen LogP contribution is 2.24. The van der Waals surface area contributed by atoms with Crippen LogP contribution in [0, 0.1) is 11.3 Å². The maximum atomic E-state index is 12.2. The average molecular weight is 334 g/mol. The van der Waals surface area contributed by atoms with Crippen LogP contribution in [0.2, 0.25) is 0 Å². The van der Waals surface area contributed by atoms with Gasteiger partial charge in [-0.05, 0) is 41.1 Å². The molecule has 20 heavy (non-hydrogen) atoms. The van der Waals surface area contributed by atoms with Crippen LogP contribution in [0.1, 0.15) is 23.0 Å². The first-order chi connectivity index (χ1) is 9.56. The largest absolute Gasteiger partial charge is 0.396 e. The van der Waals surface area contributed by atoms with Gasteiger partial charge in [0, 0.05) is 11.0 Å². The van der Waals surface area contributed by atoms with Gasteiger partial charge < -0.3 is 11.1 Å². The van der Waals surface area contributed by atoms with Gasteiger partial charge in [-0.2, -0.15) is 10.4 Å². The third kappa shape index (κ3) is 2.65. The predicted molar refractivity (Wildman–Crippen MR) is 79.1 cm³/mol.